The van der Waals surface area contributed by atoms with Crippen LogP contribution in [0.15, 0.2) is 40.9 Å². The van der Waals surface area contributed by atoms with Crippen molar-refractivity contribution in [1.82, 2.24) is 5.32 Å². The van der Waals surface area contributed by atoms with Crippen molar-refractivity contribution >= 4 is 15.9 Å². The number of rotatable bonds is 5. The van der Waals surface area contributed by atoms with Crippen LogP contribution >= 0.6 is 15.9 Å². The highest BCUT2D eigenvalue weighted by Gasteiger charge is 2.19. The Morgan fingerprint density at radius 3 is 2.33 bits per heavy atom. The van der Waals surface area contributed by atoms with Crippen molar-refractivity contribution in [3.8, 4) is 11.5 Å². The van der Waals surface area contributed by atoms with E-state index in [-0.39, 0.29) is 0 Å². The highest BCUT2D eigenvalue weighted by molar-refractivity contribution is 9.10. The average molecular weight is 346 g/mol. The summed E-state index contributed by atoms with van der Waals surface area (Å²) in [7, 11) is 0. The molecule has 3 heteroatoms. The molecule has 0 amide bonds. The summed E-state index contributed by atoms with van der Waals surface area (Å²) in [6.45, 7) is 5.11. The van der Waals surface area contributed by atoms with Crippen LogP contribution in [-0.2, 0) is 6.54 Å². The van der Waals surface area contributed by atoms with Crippen LogP contribution in [0.25, 0.3) is 0 Å². The molecule has 1 fully saturated rings. The first-order chi connectivity index (χ1) is 10.1. The number of hydrogen-bond donors (Lipinski definition) is 1. The fourth-order valence-corrected chi connectivity index (χ4v) is 2.81. The van der Waals surface area contributed by atoms with Gasteiger partial charge in [0.15, 0.2) is 0 Å². The van der Waals surface area contributed by atoms with Crippen LogP contribution in [0.2, 0.25) is 0 Å². The van der Waals surface area contributed by atoms with E-state index in [1.807, 2.05) is 12.1 Å². The fourth-order valence-electron chi connectivity index (χ4n) is 2.33. The van der Waals surface area contributed by atoms with Crippen LogP contribution < -0.4 is 10.1 Å². The number of ether oxygens (including phenoxy) is 1. The summed E-state index contributed by atoms with van der Waals surface area (Å²) in [5.41, 5.74) is 3.62. The predicted octanol–water partition coefficient (Wildman–Crippen LogP) is 5.11. The molecule has 0 spiro atoms. The van der Waals surface area contributed by atoms with Gasteiger partial charge in [0.25, 0.3) is 0 Å². The number of benzene rings is 2. The Labute approximate surface area is 134 Å². The lowest BCUT2D eigenvalue weighted by atomic mass is 10.1. The molecule has 0 atom stereocenters. The first-order valence-electron chi connectivity index (χ1n) is 7.39. The molecular weight excluding hydrogens is 326 g/mol. The summed E-state index contributed by atoms with van der Waals surface area (Å²) >= 11 is 3.48. The summed E-state index contributed by atoms with van der Waals surface area (Å²) in [5, 5.41) is 3.54. The van der Waals surface area contributed by atoms with E-state index in [4.69, 9.17) is 4.74 Å². The third-order valence-corrected chi connectivity index (χ3v) is 4.26. The van der Waals surface area contributed by atoms with Crippen molar-refractivity contribution in [2.24, 2.45) is 0 Å². The van der Waals surface area contributed by atoms with Crippen LogP contribution in [0, 0.1) is 13.8 Å². The minimum absolute atomic E-state index is 0.742. The second kappa shape index (κ2) is 6.20. The lowest BCUT2D eigenvalue weighted by Crippen LogP contribution is -2.15. The molecule has 0 radical (unpaired) electrons. The van der Waals surface area contributed by atoms with E-state index in [9.17, 15) is 0 Å². The number of halogens is 1. The number of nitrogens with one attached hydrogen (secondary N) is 1. The summed E-state index contributed by atoms with van der Waals surface area (Å²) in [5.74, 6) is 1.83. The summed E-state index contributed by atoms with van der Waals surface area (Å²) in [4.78, 5) is 0. The van der Waals surface area contributed by atoms with Gasteiger partial charge in [-0.05, 0) is 67.6 Å². The first kappa shape index (κ1) is 14.6. The molecule has 0 unspecified atom stereocenters. The maximum absolute atomic E-state index is 6.05. The molecule has 110 valence electrons. The maximum Gasteiger partial charge on any atom is 0.130 e. The van der Waals surface area contributed by atoms with Crippen LogP contribution in [0.1, 0.15) is 29.5 Å². The molecule has 2 aromatic rings. The van der Waals surface area contributed by atoms with E-state index in [1.54, 1.807) is 0 Å². The van der Waals surface area contributed by atoms with E-state index in [0.717, 1.165) is 34.1 Å². The first-order valence-corrected chi connectivity index (χ1v) is 8.18. The molecule has 1 N–H and O–H groups in total. The lowest BCUT2D eigenvalue weighted by molar-refractivity contribution is 0.474. The van der Waals surface area contributed by atoms with Gasteiger partial charge in [-0.3, -0.25) is 0 Å². The van der Waals surface area contributed by atoms with Crippen molar-refractivity contribution in [3.05, 3.63) is 57.6 Å². The monoisotopic (exact) mass is 345 g/mol. The van der Waals surface area contributed by atoms with Gasteiger partial charge in [-0.1, -0.05) is 28.1 Å². The Bertz CT molecular complexity index is 650. The lowest BCUT2D eigenvalue weighted by Gasteiger charge is -2.13. The van der Waals surface area contributed by atoms with Crippen molar-refractivity contribution in [1.29, 1.82) is 0 Å². The molecule has 2 nitrogen and oxygen atoms in total. The zero-order chi connectivity index (χ0) is 14.8. The molecule has 1 saturated carbocycles. The second-order valence-corrected chi connectivity index (χ2v) is 6.68. The molecule has 0 aromatic heterocycles. The summed E-state index contributed by atoms with van der Waals surface area (Å²) < 4.78 is 7.12. The van der Waals surface area contributed by atoms with Crippen LogP contribution in [0.5, 0.6) is 11.5 Å². The van der Waals surface area contributed by atoms with Gasteiger partial charge in [0.1, 0.15) is 11.5 Å². The van der Waals surface area contributed by atoms with E-state index >= 15 is 0 Å². The zero-order valence-corrected chi connectivity index (χ0v) is 14.0. The second-order valence-electron chi connectivity index (χ2n) is 5.77. The molecule has 3 rings (SSSR count). The SMILES string of the molecule is Cc1cc(Br)ccc1Oc1ccc(CNC2CC2)cc1C. The van der Waals surface area contributed by atoms with Gasteiger partial charge in [0, 0.05) is 17.1 Å². The Kier molecular flexibility index (Phi) is 4.32. The smallest absolute Gasteiger partial charge is 0.130 e. The normalized spacial score (nSPS) is 14.2. The topological polar surface area (TPSA) is 21.3 Å². The van der Waals surface area contributed by atoms with Crippen molar-refractivity contribution < 1.29 is 4.74 Å². The molecule has 1 aliphatic rings. The van der Waals surface area contributed by atoms with E-state index < -0.39 is 0 Å². The quantitative estimate of drug-likeness (QED) is 0.812. The van der Waals surface area contributed by atoms with Gasteiger partial charge in [-0.2, -0.15) is 0 Å². The van der Waals surface area contributed by atoms with Crippen LogP contribution in [-0.4, -0.2) is 6.04 Å². The Hall–Kier alpha value is -1.32. The fraction of sp³-hybridized carbons (Fsp3) is 0.333. The molecular formula is C18H20BrNO. The Morgan fingerprint density at radius 1 is 1.05 bits per heavy atom. The third kappa shape index (κ3) is 3.86. The van der Waals surface area contributed by atoms with E-state index in [0.29, 0.717) is 0 Å². The average Bonchev–Trinajstić information content (AvgIpc) is 3.26. The zero-order valence-electron chi connectivity index (χ0n) is 12.4. The highest BCUT2D eigenvalue weighted by atomic mass is 79.9. The molecule has 0 aliphatic heterocycles. The summed E-state index contributed by atoms with van der Waals surface area (Å²) in [6.07, 6.45) is 2.64. The third-order valence-electron chi connectivity index (χ3n) is 3.77. The minimum Gasteiger partial charge on any atom is -0.457 e. The van der Waals surface area contributed by atoms with Gasteiger partial charge in [0.2, 0.25) is 0 Å². The van der Waals surface area contributed by atoms with Crippen molar-refractivity contribution in [2.75, 3.05) is 0 Å². The Morgan fingerprint density at radius 2 is 1.71 bits per heavy atom. The largest absolute Gasteiger partial charge is 0.457 e. The van der Waals surface area contributed by atoms with Gasteiger partial charge in [0.05, 0.1) is 0 Å². The van der Waals surface area contributed by atoms with Gasteiger partial charge >= 0.3 is 0 Å². The number of aryl methyl sites for hydroxylation is 2. The van der Waals surface area contributed by atoms with Crippen molar-refractivity contribution in [3.63, 3.8) is 0 Å². The van der Waals surface area contributed by atoms with Gasteiger partial charge in [-0.25, -0.2) is 0 Å². The van der Waals surface area contributed by atoms with Gasteiger partial charge < -0.3 is 10.1 Å². The van der Waals surface area contributed by atoms with Gasteiger partial charge in [-0.15, -0.1) is 0 Å². The number of hydrogen-bond acceptors (Lipinski definition) is 2. The molecule has 2 aromatic carbocycles. The minimum atomic E-state index is 0.742. The molecule has 1 aliphatic carbocycles. The Balaban J connectivity index is 1.72. The molecule has 0 heterocycles. The van der Waals surface area contributed by atoms with E-state index in [1.165, 1.54) is 24.0 Å². The van der Waals surface area contributed by atoms with E-state index in [2.05, 4.69) is 59.4 Å². The highest BCUT2D eigenvalue weighted by Crippen LogP contribution is 2.30. The predicted molar refractivity (Wildman–Crippen MR) is 90.0 cm³/mol. The summed E-state index contributed by atoms with van der Waals surface area (Å²) in [6, 6.07) is 13.2. The maximum atomic E-state index is 6.05. The standard InChI is InChI=1S/C18H20BrNO/c1-12-9-14(11-20-16-5-6-16)3-7-17(12)21-18-8-4-15(19)10-13(18)2/h3-4,7-10,16,20H,5-6,11H2,1-2H3. The molecule has 21 heavy (non-hydrogen) atoms. The molecule has 0 saturated heterocycles. The van der Waals surface area contributed by atoms with Crippen LogP contribution in [0.4, 0.5) is 0 Å². The van der Waals surface area contributed by atoms with Crippen LogP contribution in [0.3, 0.4) is 0 Å². The molecule has 0 bridgehead atoms. The van der Waals surface area contributed by atoms with Crippen molar-refractivity contribution in [2.45, 2.75) is 39.3 Å².